The summed E-state index contributed by atoms with van der Waals surface area (Å²) in [6.07, 6.45) is 0. The summed E-state index contributed by atoms with van der Waals surface area (Å²) >= 11 is 0. The molecule has 5 heteroatoms. The van der Waals surface area contributed by atoms with Gasteiger partial charge in [-0.1, -0.05) is 54.6 Å². The lowest BCUT2D eigenvalue weighted by Gasteiger charge is -2.26. The van der Waals surface area contributed by atoms with Gasteiger partial charge in [0, 0.05) is 23.7 Å². The van der Waals surface area contributed by atoms with E-state index in [1.165, 1.54) is 6.07 Å². The molecule has 0 aliphatic heterocycles. The number of para-hydroxylation sites is 2. The maximum absolute atomic E-state index is 11.5. The van der Waals surface area contributed by atoms with Gasteiger partial charge in [-0.3, -0.25) is 0 Å². The second kappa shape index (κ2) is 7.40. The Labute approximate surface area is 162 Å². The van der Waals surface area contributed by atoms with Gasteiger partial charge < -0.3 is 15.1 Å². The molecule has 0 unspecified atom stereocenters. The van der Waals surface area contributed by atoms with Crippen molar-refractivity contribution in [1.29, 1.82) is 0 Å². The zero-order chi connectivity index (χ0) is 19.5. The van der Waals surface area contributed by atoms with Crippen LogP contribution in [0.25, 0.3) is 10.9 Å². The van der Waals surface area contributed by atoms with Crippen LogP contribution in [-0.2, 0) is 6.54 Å². The van der Waals surface area contributed by atoms with E-state index >= 15 is 0 Å². The molecule has 0 saturated heterocycles. The Morgan fingerprint density at radius 2 is 1.57 bits per heavy atom. The minimum absolute atomic E-state index is 0.100. The van der Waals surface area contributed by atoms with Crippen LogP contribution in [0.3, 0.4) is 0 Å². The van der Waals surface area contributed by atoms with Gasteiger partial charge in [-0.2, -0.15) is 0 Å². The van der Waals surface area contributed by atoms with Gasteiger partial charge in [-0.25, -0.2) is 9.78 Å². The quantitative estimate of drug-likeness (QED) is 0.518. The Bertz CT molecular complexity index is 1130. The van der Waals surface area contributed by atoms with Gasteiger partial charge in [0.05, 0.1) is 11.2 Å². The summed E-state index contributed by atoms with van der Waals surface area (Å²) in [5.41, 5.74) is 3.03. The van der Waals surface area contributed by atoms with Gasteiger partial charge in [0.2, 0.25) is 0 Å². The minimum atomic E-state index is -1.18. The molecule has 0 fully saturated rings. The van der Waals surface area contributed by atoms with E-state index in [1.54, 1.807) is 6.07 Å². The molecule has 5 nitrogen and oxygen atoms in total. The van der Waals surface area contributed by atoms with Gasteiger partial charge in [0.25, 0.3) is 0 Å². The van der Waals surface area contributed by atoms with Crippen LogP contribution in [0.5, 0.6) is 5.75 Å². The summed E-state index contributed by atoms with van der Waals surface area (Å²) < 4.78 is 0. The molecule has 1 aromatic heterocycles. The van der Waals surface area contributed by atoms with Crippen molar-refractivity contribution in [3.63, 3.8) is 0 Å². The van der Waals surface area contributed by atoms with Gasteiger partial charge in [0.15, 0.2) is 5.69 Å². The molecule has 2 N–H and O–H groups in total. The highest BCUT2D eigenvalue weighted by molar-refractivity contribution is 5.99. The summed E-state index contributed by atoms with van der Waals surface area (Å²) in [5.74, 6) is -1.28. The third-order valence-corrected chi connectivity index (χ3v) is 4.56. The van der Waals surface area contributed by atoms with Gasteiger partial charge >= 0.3 is 5.97 Å². The number of carbonyl (C=O) groups is 1. The fourth-order valence-corrected chi connectivity index (χ4v) is 3.23. The molecule has 0 aliphatic carbocycles. The number of hydrogen-bond acceptors (Lipinski definition) is 4. The van der Waals surface area contributed by atoms with E-state index < -0.39 is 5.97 Å². The van der Waals surface area contributed by atoms with Crippen molar-refractivity contribution in [2.24, 2.45) is 0 Å². The predicted molar refractivity (Wildman–Crippen MR) is 109 cm³/mol. The first kappa shape index (κ1) is 17.5. The lowest BCUT2D eigenvalue weighted by Crippen LogP contribution is -2.17. The number of anilines is 2. The molecule has 0 spiro atoms. The summed E-state index contributed by atoms with van der Waals surface area (Å²) in [7, 11) is 0. The Morgan fingerprint density at radius 1 is 0.893 bits per heavy atom. The smallest absolute Gasteiger partial charge is 0.354 e. The molecular formula is C23H18N2O3. The summed E-state index contributed by atoms with van der Waals surface area (Å²) in [6, 6.07) is 26.5. The Hall–Kier alpha value is -3.86. The average molecular weight is 370 g/mol. The molecule has 0 atom stereocenters. The van der Waals surface area contributed by atoms with Crippen LogP contribution in [0, 0.1) is 0 Å². The maximum atomic E-state index is 11.5. The van der Waals surface area contributed by atoms with Crippen LogP contribution in [0.4, 0.5) is 11.4 Å². The number of aromatic hydroxyl groups is 1. The number of rotatable bonds is 5. The first-order valence-electron chi connectivity index (χ1n) is 8.86. The highest BCUT2D eigenvalue weighted by atomic mass is 16.4. The normalized spacial score (nSPS) is 10.7. The van der Waals surface area contributed by atoms with Crippen LogP contribution >= 0.6 is 0 Å². The van der Waals surface area contributed by atoms with Gasteiger partial charge in [0.1, 0.15) is 5.75 Å². The zero-order valence-electron chi connectivity index (χ0n) is 15.0. The van der Waals surface area contributed by atoms with Crippen molar-refractivity contribution in [3.05, 3.63) is 96.2 Å². The molecule has 138 valence electrons. The number of nitrogens with zero attached hydrogens (tertiary/aromatic N) is 2. The highest BCUT2D eigenvalue weighted by Gasteiger charge is 2.18. The molecule has 4 rings (SSSR count). The average Bonchev–Trinajstić information content (AvgIpc) is 2.73. The second-order valence-electron chi connectivity index (χ2n) is 6.41. The van der Waals surface area contributed by atoms with Crippen LogP contribution in [0.1, 0.15) is 16.1 Å². The maximum Gasteiger partial charge on any atom is 0.354 e. The number of hydrogen-bond donors (Lipinski definition) is 2. The summed E-state index contributed by atoms with van der Waals surface area (Å²) in [5, 5.41) is 20.2. The predicted octanol–water partition coefficient (Wildman–Crippen LogP) is 4.98. The molecule has 0 saturated carbocycles. The van der Waals surface area contributed by atoms with Crippen molar-refractivity contribution < 1.29 is 15.0 Å². The van der Waals surface area contributed by atoms with Crippen LogP contribution in [-0.4, -0.2) is 21.2 Å². The molecule has 1 heterocycles. The minimum Gasteiger partial charge on any atom is -0.507 e. The van der Waals surface area contributed by atoms with Gasteiger partial charge in [-0.05, 0) is 29.8 Å². The monoisotopic (exact) mass is 370 g/mol. The van der Waals surface area contributed by atoms with Crippen LogP contribution in [0.15, 0.2) is 84.9 Å². The van der Waals surface area contributed by atoms with E-state index in [1.807, 2.05) is 72.8 Å². The van der Waals surface area contributed by atoms with Crippen molar-refractivity contribution in [1.82, 2.24) is 4.98 Å². The van der Waals surface area contributed by atoms with Crippen molar-refractivity contribution in [2.45, 2.75) is 6.54 Å². The SMILES string of the molecule is O=C(O)c1cc(O)c2cccc(N(Cc3ccccc3)c3ccccc3)c2n1. The van der Waals surface area contributed by atoms with Crippen molar-refractivity contribution in [2.75, 3.05) is 4.90 Å². The highest BCUT2D eigenvalue weighted by Crippen LogP contribution is 2.36. The second-order valence-corrected chi connectivity index (χ2v) is 6.41. The first-order valence-corrected chi connectivity index (χ1v) is 8.86. The number of aromatic carboxylic acids is 1. The fraction of sp³-hybridized carbons (Fsp3) is 0.0435. The van der Waals surface area contributed by atoms with E-state index in [0.29, 0.717) is 17.4 Å². The summed E-state index contributed by atoms with van der Waals surface area (Å²) in [4.78, 5) is 17.8. The molecule has 4 aromatic rings. The van der Waals surface area contributed by atoms with Crippen LogP contribution in [0.2, 0.25) is 0 Å². The molecule has 0 bridgehead atoms. The number of carboxylic acid groups (broad SMARTS) is 1. The molecule has 0 amide bonds. The topological polar surface area (TPSA) is 73.7 Å². The molecular weight excluding hydrogens is 352 g/mol. The largest absolute Gasteiger partial charge is 0.507 e. The summed E-state index contributed by atoms with van der Waals surface area (Å²) in [6.45, 7) is 0.573. The fourth-order valence-electron chi connectivity index (χ4n) is 3.23. The van der Waals surface area contributed by atoms with Crippen molar-refractivity contribution in [3.8, 4) is 5.75 Å². The molecule has 28 heavy (non-hydrogen) atoms. The zero-order valence-corrected chi connectivity index (χ0v) is 15.0. The number of aromatic nitrogens is 1. The van der Waals surface area contributed by atoms with Crippen LogP contribution < -0.4 is 4.90 Å². The molecule has 0 aliphatic rings. The number of benzene rings is 3. The van der Waals surface area contributed by atoms with Gasteiger partial charge in [-0.15, -0.1) is 0 Å². The molecule has 3 aromatic carbocycles. The standard InChI is InChI=1S/C23H18N2O3/c26-21-14-19(23(27)28)24-22-18(21)12-7-13-20(22)25(17-10-5-2-6-11-17)15-16-8-3-1-4-9-16/h1-14H,15H2,(H,24,26)(H,27,28). The van der Waals surface area contributed by atoms with E-state index in [4.69, 9.17) is 0 Å². The third-order valence-electron chi connectivity index (χ3n) is 4.56. The lowest BCUT2D eigenvalue weighted by molar-refractivity contribution is 0.0690. The Balaban J connectivity index is 1.93. The van der Waals surface area contributed by atoms with E-state index in [0.717, 1.165) is 16.9 Å². The van der Waals surface area contributed by atoms with Crippen molar-refractivity contribution >= 4 is 28.2 Å². The lowest BCUT2D eigenvalue weighted by atomic mass is 10.1. The van der Waals surface area contributed by atoms with E-state index in [9.17, 15) is 15.0 Å². The van der Waals surface area contributed by atoms with E-state index in [-0.39, 0.29) is 11.4 Å². The third kappa shape index (κ3) is 3.38. The molecule has 0 radical (unpaired) electrons. The number of carboxylic acids is 1. The Morgan fingerprint density at radius 3 is 2.25 bits per heavy atom. The number of fused-ring (bicyclic) bond motifs is 1. The van der Waals surface area contributed by atoms with E-state index in [2.05, 4.69) is 9.88 Å². The Kier molecular flexibility index (Phi) is 4.64. The number of pyridine rings is 1. The first-order chi connectivity index (χ1) is 13.6.